The Hall–Kier alpha value is -2.62. The quantitative estimate of drug-likeness (QED) is 0.795. The second-order valence-corrected chi connectivity index (χ2v) is 7.09. The molecule has 0 fully saturated rings. The van der Waals surface area contributed by atoms with E-state index in [2.05, 4.69) is 0 Å². The third-order valence-electron chi connectivity index (χ3n) is 3.73. The smallest absolute Gasteiger partial charge is 0.307 e. The van der Waals surface area contributed by atoms with Crippen molar-refractivity contribution in [1.82, 2.24) is 0 Å². The third kappa shape index (κ3) is 6.07. The van der Waals surface area contributed by atoms with Gasteiger partial charge in [-0.3, -0.25) is 9.59 Å². The van der Waals surface area contributed by atoms with Gasteiger partial charge in [-0.05, 0) is 43.9 Å². The fraction of sp³-hybridized carbons (Fsp3) is 0.333. The summed E-state index contributed by atoms with van der Waals surface area (Å²) >= 11 is 0. The van der Waals surface area contributed by atoms with Gasteiger partial charge in [0.15, 0.2) is 0 Å². The Morgan fingerprint density at radius 2 is 1.52 bits per heavy atom. The molecule has 0 radical (unpaired) electrons. The van der Waals surface area contributed by atoms with Crippen molar-refractivity contribution in [2.24, 2.45) is 5.92 Å². The molecule has 4 heteroatoms. The van der Waals surface area contributed by atoms with E-state index in [1.54, 1.807) is 20.8 Å². The Labute approximate surface area is 148 Å². The summed E-state index contributed by atoms with van der Waals surface area (Å²) in [5.41, 5.74) is 2.45. The predicted molar refractivity (Wildman–Crippen MR) is 97.2 cm³/mol. The van der Waals surface area contributed by atoms with E-state index in [0.717, 1.165) is 16.7 Å². The van der Waals surface area contributed by atoms with Crippen LogP contribution in [0.2, 0.25) is 0 Å². The van der Waals surface area contributed by atoms with Crippen LogP contribution < -0.4 is 0 Å². The minimum absolute atomic E-state index is 0.132. The summed E-state index contributed by atoms with van der Waals surface area (Å²) in [5, 5.41) is 9.41. The number of hydrogen-bond donors (Lipinski definition) is 1. The van der Waals surface area contributed by atoms with Crippen LogP contribution in [0.1, 0.15) is 32.8 Å². The van der Waals surface area contributed by atoms with Crippen LogP contribution in [-0.2, 0) is 20.7 Å². The zero-order valence-electron chi connectivity index (χ0n) is 14.9. The minimum Gasteiger partial charge on any atom is -0.481 e. The zero-order valence-corrected chi connectivity index (χ0v) is 14.9. The lowest BCUT2D eigenvalue weighted by Gasteiger charge is -2.21. The fourth-order valence-corrected chi connectivity index (χ4v) is 2.58. The van der Waals surface area contributed by atoms with Crippen LogP contribution in [0.4, 0.5) is 0 Å². The fourth-order valence-electron chi connectivity index (χ4n) is 2.58. The number of carboxylic acids is 1. The lowest BCUT2D eigenvalue weighted by molar-refractivity contribution is -0.159. The molecule has 0 saturated carbocycles. The number of carboxylic acid groups (broad SMARTS) is 1. The SMILES string of the molecule is CC(C)(C)OC(=O)C[C@H](Cc1ccc(-c2ccccc2)cc1)C(=O)O. The second-order valence-electron chi connectivity index (χ2n) is 7.09. The van der Waals surface area contributed by atoms with Crippen molar-refractivity contribution in [3.8, 4) is 11.1 Å². The first-order chi connectivity index (χ1) is 11.7. The molecular formula is C21H24O4. The molecule has 0 spiro atoms. The minimum atomic E-state index is -0.988. The number of esters is 1. The zero-order chi connectivity index (χ0) is 18.4. The van der Waals surface area contributed by atoms with E-state index in [1.165, 1.54) is 0 Å². The van der Waals surface area contributed by atoms with Gasteiger partial charge in [-0.2, -0.15) is 0 Å². The van der Waals surface area contributed by atoms with Crippen LogP contribution in [0.5, 0.6) is 0 Å². The molecule has 132 valence electrons. The van der Waals surface area contributed by atoms with Crippen LogP contribution in [0.25, 0.3) is 11.1 Å². The van der Waals surface area contributed by atoms with Crippen molar-refractivity contribution < 1.29 is 19.4 Å². The molecule has 0 aliphatic carbocycles. The molecule has 1 atom stereocenters. The molecule has 0 bridgehead atoms. The molecule has 2 aromatic carbocycles. The first kappa shape index (κ1) is 18.7. The average molecular weight is 340 g/mol. The summed E-state index contributed by atoms with van der Waals surface area (Å²) in [6.07, 6.45) is 0.163. The summed E-state index contributed by atoms with van der Waals surface area (Å²) < 4.78 is 5.23. The van der Waals surface area contributed by atoms with E-state index < -0.39 is 23.5 Å². The number of carbonyl (C=O) groups excluding carboxylic acids is 1. The summed E-state index contributed by atoms with van der Waals surface area (Å²) in [6, 6.07) is 17.7. The lowest BCUT2D eigenvalue weighted by atomic mass is 9.94. The summed E-state index contributed by atoms with van der Waals surface area (Å²) in [5.74, 6) is -2.27. The van der Waals surface area contributed by atoms with Gasteiger partial charge in [0.2, 0.25) is 0 Å². The molecule has 0 heterocycles. The predicted octanol–water partition coefficient (Wildman–Crippen LogP) is 4.33. The van der Waals surface area contributed by atoms with Crippen LogP contribution in [0.15, 0.2) is 54.6 Å². The molecule has 0 saturated heterocycles. The van der Waals surface area contributed by atoms with Crippen molar-refractivity contribution in [3.63, 3.8) is 0 Å². The highest BCUT2D eigenvalue weighted by Gasteiger charge is 2.25. The number of ether oxygens (including phenoxy) is 1. The third-order valence-corrected chi connectivity index (χ3v) is 3.73. The van der Waals surface area contributed by atoms with Crippen LogP contribution in [-0.4, -0.2) is 22.6 Å². The van der Waals surface area contributed by atoms with Crippen molar-refractivity contribution in [3.05, 3.63) is 60.2 Å². The monoisotopic (exact) mass is 340 g/mol. The Kier molecular flexibility index (Phi) is 5.97. The van der Waals surface area contributed by atoms with Gasteiger partial charge in [0, 0.05) is 0 Å². The average Bonchev–Trinajstić information content (AvgIpc) is 2.54. The van der Waals surface area contributed by atoms with Crippen molar-refractivity contribution in [2.45, 2.75) is 39.2 Å². The molecule has 0 unspecified atom stereocenters. The van der Waals surface area contributed by atoms with Crippen LogP contribution >= 0.6 is 0 Å². The molecule has 2 rings (SSSR count). The van der Waals surface area contributed by atoms with Gasteiger partial charge < -0.3 is 9.84 Å². The Morgan fingerprint density at radius 3 is 2.04 bits per heavy atom. The van der Waals surface area contributed by atoms with Crippen molar-refractivity contribution >= 4 is 11.9 Å². The largest absolute Gasteiger partial charge is 0.481 e. The van der Waals surface area contributed by atoms with Gasteiger partial charge in [0.05, 0.1) is 12.3 Å². The molecule has 2 aromatic rings. The summed E-state index contributed by atoms with van der Waals surface area (Å²) in [7, 11) is 0. The van der Waals surface area contributed by atoms with Crippen molar-refractivity contribution in [1.29, 1.82) is 0 Å². The molecule has 0 aliphatic rings. The highest BCUT2D eigenvalue weighted by molar-refractivity contribution is 5.79. The standard InChI is InChI=1S/C21H24O4/c1-21(2,3)25-19(22)14-18(20(23)24)13-15-9-11-17(12-10-15)16-7-5-4-6-8-16/h4-12,18H,13-14H2,1-3H3,(H,23,24)/t18-/m0/s1. The molecule has 1 N–H and O–H groups in total. The highest BCUT2D eigenvalue weighted by Crippen LogP contribution is 2.22. The van der Waals surface area contributed by atoms with E-state index in [9.17, 15) is 14.7 Å². The Bertz CT molecular complexity index is 712. The van der Waals surface area contributed by atoms with Gasteiger partial charge in [-0.25, -0.2) is 0 Å². The maximum Gasteiger partial charge on any atom is 0.307 e. The summed E-state index contributed by atoms with van der Waals surface area (Å²) in [6.45, 7) is 5.30. The van der Waals surface area contributed by atoms with Crippen molar-refractivity contribution in [2.75, 3.05) is 0 Å². The molecule has 0 aromatic heterocycles. The number of rotatable bonds is 6. The molecule has 0 amide bonds. The lowest BCUT2D eigenvalue weighted by Crippen LogP contribution is -2.28. The van der Waals surface area contributed by atoms with Gasteiger partial charge in [-0.15, -0.1) is 0 Å². The molecule has 4 nitrogen and oxygen atoms in total. The molecule has 0 aliphatic heterocycles. The second kappa shape index (κ2) is 7.97. The summed E-state index contributed by atoms with van der Waals surface area (Å²) in [4.78, 5) is 23.4. The normalized spacial score (nSPS) is 12.4. The van der Waals surface area contributed by atoms with Crippen LogP contribution in [0, 0.1) is 5.92 Å². The number of benzene rings is 2. The van der Waals surface area contributed by atoms with Gasteiger partial charge in [0.25, 0.3) is 0 Å². The highest BCUT2D eigenvalue weighted by atomic mass is 16.6. The Morgan fingerprint density at radius 1 is 0.960 bits per heavy atom. The number of carbonyl (C=O) groups is 2. The maximum atomic E-state index is 11.9. The van der Waals surface area contributed by atoms with E-state index in [1.807, 2.05) is 54.6 Å². The first-order valence-electron chi connectivity index (χ1n) is 8.33. The topological polar surface area (TPSA) is 63.6 Å². The van der Waals surface area contributed by atoms with Gasteiger partial charge >= 0.3 is 11.9 Å². The maximum absolute atomic E-state index is 11.9. The van der Waals surface area contributed by atoms with Gasteiger partial charge in [-0.1, -0.05) is 54.6 Å². The van der Waals surface area contributed by atoms with Gasteiger partial charge in [0.1, 0.15) is 5.60 Å². The van der Waals surface area contributed by atoms with E-state index in [0.29, 0.717) is 6.42 Å². The Balaban J connectivity index is 2.04. The molecular weight excluding hydrogens is 316 g/mol. The van der Waals surface area contributed by atoms with E-state index in [-0.39, 0.29) is 6.42 Å². The first-order valence-corrected chi connectivity index (χ1v) is 8.33. The van der Waals surface area contributed by atoms with Crippen LogP contribution in [0.3, 0.4) is 0 Å². The van der Waals surface area contributed by atoms with E-state index in [4.69, 9.17) is 4.74 Å². The number of aliphatic carboxylic acids is 1. The number of hydrogen-bond acceptors (Lipinski definition) is 3. The van der Waals surface area contributed by atoms with E-state index >= 15 is 0 Å². The molecule has 25 heavy (non-hydrogen) atoms.